The Morgan fingerprint density at radius 1 is 1.00 bits per heavy atom. The molecule has 0 bridgehead atoms. The SMILES string of the molecule is O=C1NC(=S)N(c2ccc(Cl)cc2)C(=O)C1=Cc1ccc(-c2ccccc2C(F)(F)F)o1. The van der Waals surface area contributed by atoms with Gasteiger partial charge in [0, 0.05) is 10.6 Å². The molecule has 3 aromatic rings. The van der Waals surface area contributed by atoms with Gasteiger partial charge >= 0.3 is 6.18 Å². The molecule has 4 rings (SSSR count). The smallest absolute Gasteiger partial charge is 0.417 e. The zero-order valence-corrected chi connectivity index (χ0v) is 17.5. The number of carbonyl (C=O) groups is 2. The summed E-state index contributed by atoms with van der Waals surface area (Å²) in [7, 11) is 0. The molecule has 2 heterocycles. The van der Waals surface area contributed by atoms with Gasteiger partial charge in [0.15, 0.2) is 5.11 Å². The number of rotatable bonds is 3. The van der Waals surface area contributed by atoms with Crippen LogP contribution in [-0.4, -0.2) is 16.9 Å². The monoisotopic (exact) mass is 476 g/mol. The van der Waals surface area contributed by atoms with Gasteiger partial charge in [0.2, 0.25) is 0 Å². The van der Waals surface area contributed by atoms with Crippen LogP contribution in [0.2, 0.25) is 5.02 Å². The molecular weight excluding hydrogens is 465 g/mol. The molecule has 2 amide bonds. The van der Waals surface area contributed by atoms with Crippen molar-refractivity contribution in [2.45, 2.75) is 6.18 Å². The van der Waals surface area contributed by atoms with Crippen molar-refractivity contribution in [1.82, 2.24) is 5.32 Å². The minimum atomic E-state index is -4.57. The van der Waals surface area contributed by atoms with Crippen molar-refractivity contribution in [3.63, 3.8) is 0 Å². The van der Waals surface area contributed by atoms with Gasteiger partial charge in [-0.15, -0.1) is 0 Å². The molecule has 1 aromatic heterocycles. The number of thiocarbonyl (C=S) groups is 1. The summed E-state index contributed by atoms with van der Waals surface area (Å²) in [6, 6.07) is 13.9. The summed E-state index contributed by atoms with van der Waals surface area (Å²) >= 11 is 11.0. The van der Waals surface area contributed by atoms with E-state index < -0.39 is 23.6 Å². The first kappa shape index (κ1) is 21.8. The molecule has 5 nitrogen and oxygen atoms in total. The summed E-state index contributed by atoms with van der Waals surface area (Å²) in [4.78, 5) is 26.5. The van der Waals surface area contributed by atoms with E-state index >= 15 is 0 Å². The number of nitrogens with zero attached hydrogens (tertiary/aromatic N) is 1. The molecule has 1 fully saturated rings. The standard InChI is InChI=1S/C22H12ClF3N2O3S/c23-12-5-7-13(8-6-12)28-20(30)16(19(29)27-21(28)32)11-14-9-10-18(31-14)15-3-1-2-4-17(15)22(24,25)26/h1-11H,(H,27,29,32). The van der Waals surface area contributed by atoms with Crippen molar-refractivity contribution in [2.24, 2.45) is 0 Å². The molecule has 0 atom stereocenters. The number of halogens is 4. The van der Waals surface area contributed by atoms with Crippen molar-refractivity contribution in [3.05, 3.63) is 82.6 Å². The second-order valence-corrected chi connectivity index (χ2v) is 7.50. The Hall–Kier alpha value is -3.43. The Morgan fingerprint density at radius 3 is 2.38 bits per heavy atom. The first-order valence-electron chi connectivity index (χ1n) is 9.08. The predicted molar refractivity (Wildman–Crippen MR) is 117 cm³/mol. The highest BCUT2D eigenvalue weighted by atomic mass is 35.5. The minimum absolute atomic E-state index is 0.0272. The quantitative estimate of drug-likeness (QED) is 0.310. The molecule has 1 aliphatic rings. The van der Waals surface area contributed by atoms with E-state index in [1.54, 1.807) is 24.3 Å². The summed E-state index contributed by atoms with van der Waals surface area (Å²) in [5.41, 5.74) is -0.930. The maximum Gasteiger partial charge on any atom is 0.417 e. The summed E-state index contributed by atoms with van der Waals surface area (Å²) in [5, 5.41) is 2.75. The summed E-state index contributed by atoms with van der Waals surface area (Å²) < 4.78 is 45.4. The van der Waals surface area contributed by atoms with Gasteiger partial charge in [-0.1, -0.05) is 29.8 Å². The molecule has 0 unspecified atom stereocenters. The third-order valence-corrected chi connectivity index (χ3v) is 5.13. The van der Waals surface area contributed by atoms with Crippen LogP contribution >= 0.6 is 23.8 Å². The average molecular weight is 477 g/mol. The van der Waals surface area contributed by atoms with E-state index in [9.17, 15) is 22.8 Å². The van der Waals surface area contributed by atoms with E-state index in [1.165, 1.54) is 30.3 Å². The van der Waals surface area contributed by atoms with Crippen molar-refractivity contribution in [3.8, 4) is 11.3 Å². The first-order valence-corrected chi connectivity index (χ1v) is 9.87. The average Bonchev–Trinajstić information content (AvgIpc) is 3.20. The molecule has 0 aliphatic carbocycles. The fourth-order valence-corrected chi connectivity index (χ4v) is 3.55. The van der Waals surface area contributed by atoms with Gasteiger partial charge in [-0.2, -0.15) is 13.2 Å². The Balaban J connectivity index is 1.69. The molecule has 32 heavy (non-hydrogen) atoms. The topological polar surface area (TPSA) is 62.6 Å². The van der Waals surface area contributed by atoms with Crippen molar-refractivity contribution < 1.29 is 27.2 Å². The highest BCUT2D eigenvalue weighted by molar-refractivity contribution is 7.80. The molecule has 1 aliphatic heterocycles. The van der Waals surface area contributed by atoms with Gasteiger partial charge in [-0.25, -0.2) is 0 Å². The fraction of sp³-hybridized carbons (Fsp3) is 0.0455. The van der Waals surface area contributed by atoms with Gasteiger partial charge in [-0.3, -0.25) is 19.8 Å². The molecule has 0 radical (unpaired) electrons. The maximum atomic E-state index is 13.3. The highest BCUT2D eigenvalue weighted by Gasteiger charge is 2.36. The Kier molecular flexibility index (Phi) is 5.62. The fourth-order valence-electron chi connectivity index (χ4n) is 3.14. The number of hydrogen-bond donors (Lipinski definition) is 1. The molecule has 0 spiro atoms. The predicted octanol–water partition coefficient (Wildman–Crippen LogP) is 5.45. The van der Waals surface area contributed by atoms with E-state index in [0.29, 0.717) is 10.7 Å². The van der Waals surface area contributed by atoms with E-state index in [2.05, 4.69) is 5.32 Å². The number of hydrogen-bond acceptors (Lipinski definition) is 4. The van der Waals surface area contributed by atoms with Gasteiger partial charge in [0.05, 0.1) is 11.3 Å². The molecule has 162 valence electrons. The number of anilines is 1. The third kappa shape index (κ3) is 4.17. The lowest BCUT2D eigenvalue weighted by Crippen LogP contribution is -2.54. The maximum absolute atomic E-state index is 13.3. The lowest BCUT2D eigenvalue weighted by Gasteiger charge is -2.28. The van der Waals surface area contributed by atoms with Gasteiger partial charge in [0.25, 0.3) is 11.8 Å². The number of amides is 2. The first-order chi connectivity index (χ1) is 15.1. The number of benzene rings is 2. The zero-order chi connectivity index (χ0) is 23.0. The van der Waals surface area contributed by atoms with Crippen LogP contribution < -0.4 is 10.2 Å². The lowest BCUT2D eigenvalue weighted by molar-refractivity contribution is -0.137. The third-order valence-electron chi connectivity index (χ3n) is 4.60. The van der Waals surface area contributed by atoms with Crippen molar-refractivity contribution in [2.75, 3.05) is 4.90 Å². The highest BCUT2D eigenvalue weighted by Crippen LogP contribution is 2.37. The normalized spacial score (nSPS) is 15.9. The summed E-state index contributed by atoms with van der Waals surface area (Å²) in [5.74, 6) is -1.49. The minimum Gasteiger partial charge on any atom is -0.457 e. The molecular formula is C22H12ClF3N2O3S. The van der Waals surface area contributed by atoms with Crippen LogP contribution in [0.3, 0.4) is 0 Å². The lowest BCUT2D eigenvalue weighted by atomic mass is 10.1. The molecule has 2 aromatic carbocycles. The molecule has 0 saturated carbocycles. The van der Waals surface area contributed by atoms with Crippen LogP contribution in [0.1, 0.15) is 11.3 Å². The second kappa shape index (κ2) is 8.25. The number of carbonyl (C=O) groups excluding carboxylic acids is 2. The number of furan rings is 1. The van der Waals surface area contributed by atoms with Crippen LogP contribution in [0.4, 0.5) is 18.9 Å². The Bertz CT molecular complexity index is 1270. The number of alkyl halides is 3. The van der Waals surface area contributed by atoms with Crippen LogP contribution in [0.25, 0.3) is 17.4 Å². The summed E-state index contributed by atoms with van der Waals surface area (Å²) in [6.07, 6.45) is -3.42. The largest absolute Gasteiger partial charge is 0.457 e. The van der Waals surface area contributed by atoms with Crippen LogP contribution in [0, 0.1) is 0 Å². The Labute approximate surface area is 190 Å². The molecule has 1 N–H and O–H groups in total. The van der Waals surface area contributed by atoms with E-state index in [1.807, 2.05) is 0 Å². The van der Waals surface area contributed by atoms with E-state index in [-0.39, 0.29) is 27.8 Å². The molecule has 1 saturated heterocycles. The van der Waals surface area contributed by atoms with Crippen molar-refractivity contribution in [1.29, 1.82) is 0 Å². The second-order valence-electron chi connectivity index (χ2n) is 6.68. The zero-order valence-electron chi connectivity index (χ0n) is 15.9. The van der Waals surface area contributed by atoms with Crippen LogP contribution in [0.15, 0.2) is 70.7 Å². The molecule has 10 heteroatoms. The van der Waals surface area contributed by atoms with E-state index in [4.69, 9.17) is 28.2 Å². The van der Waals surface area contributed by atoms with Gasteiger partial charge in [0.1, 0.15) is 17.1 Å². The van der Waals surface area contributed by atoms with E-state index in [0.717, 1.165) is 17.0 Å². The summed E-state index contributed by atoms with van der Waals surface area (Å²) in [6.45, 7) is 0. The van der Waals surface area contributed by atoms with Crippen LogP contribution in [0.5, 0.6) is 0 Å². The van der Waals surface area contributed by atoms with Crippen LogP contribution in [-0.2, 0) is 15.8 Å². The van der Waals surface area contributed by atoms with Gasteiger partial charge < -0.3 is 4.42 Å². The Morgan fingerprint density at radius 2 is 1.69 bits per heavy atom. The van der Waals surface area contributed by atoms with Gasteiger partial charge in [-0.05, 0) is 60.8 Å². The number of nitrogens with one attached hydrogen (secondary N) is 1. The van der Waals surface area contributed by atoms with Crippen molar-refractivity contribution >= 4 is 52.5 Å².